The highest BCUT2D eigenvalue weighted by Gasteiger charge is 2.27. The van der Waals surface area contributed by atoms with E-state index in [-0.39, 0.29) is 0 Å². The van der Waals surface area contributed by atoms with Crippen molar-refractivity contribution in [2.75, 3.05) is 0 Å². The van der Waals surface area contributed by atoms with Crippen LogP contribution in [0.15, 0.2) is 53.1 Å². The third-order valence-corrected chi connectivity index (χ3v) is 5.31. The van der Waals surface area contributed by atoms with Gasteiger partial charge in [-0.1, -0.05) is 73.9 Å². The van der Waals surface area contributed by atoms with Crippen molar-refractivity contribution in [2.24, 2.45) is 5.41 Å². The quantitative estimate of drug-likeness (QED) is 0.502. The summed E-state index contributed by atoms with van der Waals surface area (Å²) < 4.78 is 0. The molecular formula is C22H32. The fourth-order valence-corrected chi connectivity index (χ4v) is 3.81. The average Bonchev–Trinajstić information content (AvgIpc) is 2.50. The van der Waals surface area contributed by atoms with Gasteiger partial charge in [-0.05, 0) is 62.8 Å². The predicted octanol–water partition coefficient (Wildman–Crippen LogP) is 6.87. The highest BCUT2D eigenvalue weighted by Crippen LogP contribution is 2.42. The van der Waals surface area contributed by atoms with Crippen LogP contribution in [0.3, 0.4) is 0 Å². The molecule has 0 spiro atoms. The van der Waals surface area contributed by atoms with E-state index < -0.39 is 0 Å². The van der Waals surface area contributed by atoms with Crippen LogP contribution in [0.5, 0.6) is 0 Å². The van der Waals surface area contributed by atoms with E-state index >= 15 is 0 Å². The summed E-state index contributed by atoms with van der Waals surface area (Å²) in [6, 6.07) is 10.8. The van der Waals surface area contributed by atoms with Gasteiger partial charge in [0.05, 0.1) is 0 Å². The normalized spacial score (nSPS) is 18.6. The van der Waals surface area contributed by atoms with Gasteiger partial charge in [-0.2, -0.15) is 0 Å². The molecule has 0 saturated carbocycles. The first-order valence-corrected chi connectivity index (χ1v) is 8.94. The lowest BCUT2D eigenvalue weighted by atomic mass is 9.71. The van der Waals surface area contributed by atoms with Crippen LogP contribution in [0.4, 0.5) is 0 Å². The van der Waals surface area contributed by atoms with Crippen LogP contribution in [0.25, 0.3) is 0 Å². The molecule has 0 N–H and O–H groups in total. The second-order valence-electron chi connectivity index (χ2n) is 7.40. The Morgan fingerprint density at radius 3 is 2.55 bits per heavy atom. The van der Waals surface area contributed by atoms with Gasteiger partial charge in [-0.25, -0.2) is 0 Å². The third-order valence-electron chi connectivity index (χ3n) is 5.31. The van der Waals surface area contributed by atoms with Crippen LogP contribution in [0.2, 0.25) is 0 Å². The number of benzene rings is 1. The lowest BCUT2D eigenvalue weighted by molar-refractivity contribution is 0.354. The lowest BCUT2D eigenvalue weighted by Gasteiger charge is -2.35. The predicted molar refractivity (Wildman–Crippen MR) is 98.1 cm³/mol. The van der Waals surface area contributed by atoms with Crippen molar-refractivity contribution in [2.45, 2.75) is 72.6 Å². The number of hydrogen-bond donors (Lipinski definition) is 0. The molecular weight excluding hydrogens is 264 g/mol. The van der Waals surface area contributed by atoms with Gasteiger partial charge in [0.15, 0.2) is 0 Å². The molecule has 1 aromatic rings. The van der Waals surface area contributed by atoms with Crippen LogP contribution in [-0.4, -0.2) is 0 Å². The summed E-state index contributed by atoms with van der Waals surface area (Å²) in [5.74, 6) is 0. The van der Waals surface area contributed by atoms with Crippen molar-refractivity contribution in [3.63, 3.8) is 0 Å². The Bertz CT molecular complexity index is 528. The minimum absolute atomic E-state index is 0.417. The first-order valence-electron chi connectivity index (χ1n) is 8.94. The molecule has 0 heteroatoms. The average molecular weight is 296 g/mol. The maximum atomic E-state index is 2.46. The molecule has 1 aliphatic rings. The molecule has 0 atom stereocenters. The van der Waals surface area contributed by atoms with Gasteiger partial charge in [0.2, 0.25) is 0 Å². The molecule has 0 radical (unpaired) electrons. The maximum absolute atomic E-state index is 2.46. The molecule has 1 aliphatic carbocycles. The Labute approximate surface area is 137 Å². The number of allylic oxidation sites excluding steroid dienone is 4. The van der Waals surface area contributed by atoms with Gasteiger partial charge in [0.1, 0.15) is 0 Å². The molecule has 0 saturated heterocycles. The monoisotopic (exact) mass is 296 g/mol. The van der Waals surface area contributed by atoms with Crippen LogP contribution in [0, 0.1) is 5.41 Å². The Hall–Kier alpha value is -1.30. The van der Waals surface area contributed by atoms with E-state index in [0.717, 1.165) is 6.42 Å². The summed E-state index contributed by atoms with van der Waals surface area (Å²) in [4.78, 5) is 0. The lowest BCUT2D eigenvalue weighted by Crippen LogP contribution is -2.20. The van der Waals surface area contributed by atoms with E-state index in [4.69, 9.17) is 0 Å². The van der Waals surface area contributed by atoms with Crippen molar-refractivity contribution < 1.29 is 0 Å². The second-order valence-corrected chi connectivity index (χ2v) is 7.40. The van der Waals surface area contributed by atoms with Crippen LogP contribution in [-0.2, 0) is 6.42 Å². The number of rotatable bonds is 6. The SMILES string of the molecule is CC/C(=C\Cc1ccccc1)CCC1=C(C)CCCC1(C)C. The smallest absolute Gasteiger partial charge is 0.00948 e. The molecule has 120 valence electrons. The largest absolute Gasteiger partial charge is 0.0809 e. The van der Waals surface area contributed by atoms with Gasteiger partial charge in [0.25, 0.3) is 0 Å². The Morgan fingerprint density at radius 1 is 1.18 bits per heavy atom. The van der Waals surface area contributed by atoms with Crippen LogP contribution < -0.4 is 0 Å². The van der Waals surface area contributed by atoms with E-state index in [2.05, 4.69) is 64.1 Å². The minimum atomic E-state index is 0.417. The van der Waals surface area contributed by atoms with Crippen molar-refractivity contribution in [1.29, 1.82) is 0 Å². The van der Waals surface area contributed by atoms with Crippen molar-refractivity contribution in [3.05, 3.63) is 58.7 Å². The Morgan fingerprint density at radius 2 is 1.91 bits per heavy atom. The fraction of sp³-hybridized carbons (Fsp3) is 0.545. The maximum Gasteiger partial charge on any atom is -0.00948 e. The first kappa shape index (κ1) is 17.1. The molecule has 0 fully saturated rings. The number of hydrogen-bond acceptors (Lipinski definition) is 0. The van der Waals surface area contributed by atoms with Gasteiger partial charge in [0, 0.05) is 0 Å². The van der Waals surface area contributed by atoms with Crippen molar-refractivity contribution in [1.82, 2.24) is 0 Å². The summed E-state index contributed by atoms with van der Waals surface area (Å²) in [5, 5.41) is 0. The first-order chi connectivity index (χ1) is 10.5. The molecule has 2 rings (SSSR count). The standard InChI is InChI=1S/C22H32/c1-5-19(13-14-20-11-7-6-8-12-20)15-16-21-18(2)10-9-17-22(21,3)4/h6-8,11-13H,5,9-10,14-17H2,1-4H3/b19-13+. The zero-order chi connectivity index (χ0) is 16.0. The Kier molecular flexibility index (Phi) is 6.06. The topological polar surface area (TPSA) is 0 Å². The molecule has 0 heterocycles. The second kappa shape index (κ2) is 7.81. The Balaban J connectivity index is 1.99. The molecule has 0 aliphatic heterocycles. The van der Waals surface area contributed by atoms with E-state index in [0.29, 0.717) is 5.41 Å². The zero-order valence-corrected chi connectivity index (χ0v) is 14.9. The summed E-state index contributed by atoms with van der Waals surface area (Å²) >= 11 is 0. The molecule has 0 aromatic heterocycles. The molecule has 0 unspecified atom stereocenters. The molecule has 22 heavy (non-hydrogen) atoms. The van der Waals surface area contributed by atoms with E-state index in [9.17, 15) is 0 Å². The fourth-order valence-electron chi connectivity index (χ4n) is 3.81. The van der Waals surface area contributed by atoms with Crippen LogP contribution in [0.1, 0.15) is 71.8 Å². The highest BCUT2D eigenvalue weighted by atomic mass is 14.3. The summed E-state index contributed by atoms with van der Waals surface area (Å²) in [6.45, 7) is 9.52. The summed E-state index contributed by atoms with van der Waals surface area (Å²) in [5.41, 5.74) is 6.85. The van der Waals surface area contributed by atoms with E-state index in [1.807, 2.05) is 0 Å². The molecule has 0 amide bonds. The van der Waals surface area contributed by atoms with Gasteiger partial charge in [-0.3, -0.25) is 0 Å². The zero-order valence-electron chi connectivity index (χ0n) is 14.9. The van der Waals surface area contributed by atoms with Gasteiger partial charge >= 0.3 is 0 Å². The highest BCUT2D eigenvalue weighted by molar-refractivity contribution is 5.24. The van der Waals surface area contributed by atoms with Crippen molar-refractivity contribution in [3.8, 4) is 0 Å². The van der Waals surface area contributed by atoms with E-state index in [1.165, 1.54) is 44.1 Å². The van der Waals surface area contributed by atoms with Crippen LogP contribution >= 0.6 is 0 Å². The summed E-state index contributed by atoms with van der Waals surface area (Å²) in [7, 11) is 0. The molecule has 0 nitrogen and oxygen atoms in total. The summed E-state index contributed by atoms with van der Waals surface area (Å²) in [6.07, 6.45) is 11.2. The van der Waals surface area contributed by atoms with Gasteiger partial charge in [-0.15, -0.1) is 0 Å². The molecule has 1 aromatic carbocycles. The minimum Gasteiger partial charge on any atom is -0.0809 e. The van der Waals surface area contributed by atoms with Crippen molar-refractivity contribution >= 4 is 0 Å². The van der Waals surface area contributed by atoms with Gasteiger partial charge < -0.3 is 0 Å². The third kappa shape index (κ3) is 4.60. The van der Waals surface area contributed by atoms with E-state index in [1.54, 1.807) is 16.7 Å². The molecule has 0 bridgehead atoms.